The summed E-state index contributed by atoms with van der Waals surface area (Å²) in [6, 6.07) is 1.17. The third kappa shape index (κ3) is 4.64. The van der Waals surface area contributed by atoms with Gasteiger partial charge in [-0.1, -0.05) is 13.8 Å². The first kappa shape index (κ1) is 15.7. The molecule has 0 bridgehead atoms. The molecule has 2 amide bonds. The Balaban J connectivity index is 2.03. The van der Waals surface area contributed by atoms with Crippen LogP contribution in [0.1, 0.15) is 30.6 Å². The van der Waals surface area contributed by atoms with Crippen LogP contribution in [0.4, 0.5) is 5.13 Å². The molecule has 0 aliphatic heterocycles. The predicted octanol–water partition coefficient (Wildman–Crippen LogP) is 2.99. The Morgan fingerprint density at radius 3 is 2.71 bits per heavy atom. The van der Waals surface area contributed by atoms with Crippen molar-refractivity contribution in [2.24, 2.45) is 5.92 Å². The van der Waals surface area contributed by atoms with Gasteiger partial charge in [0, 0.05) is 17.0 Å². The topological polar surface area (TPSA) is 71.1 Å². The van der Waals surface area contributed by atoms with Crippen LogP contribution in [0.3, 0.4) is 0 Å². The molecule has 2 heterocycles. The molecule has 0 aliphatic rings. The highest BCUT2D eigenvalue weighted by molar-refractivity contribution is 7.13. The van der Waals surface area contributed by atoms with Gasteiger partial charge in [0.2, 0.25) is 5.91 Å². The molecule has 21 heavy (non-hydrogen) atoms. The largest absolute Gasteiger partial charge is 0.340 e. The van der Waals surface area contributed by atoms with E-state index >= 15 is 0 Å². The number of aromatic nitrogens is 1. The van der Waals surface area contributed by atoms with Crippen molar-refractivity contribution in [1.29, 1.82) is 0 Å². The Bertz CT molecular complexity index is 579. The van der Waals surface area contributed by atoms with Crippen LogP contribution >= 0.6 is 22.7 Å². The van der Waals surface area contributed by atoms with Crippen LogP contribution in [-0.2, 0) is 4.79 Å². The second kappa shape index (κ2) is 7.33. The van der Waals surface area contributed by atoms with Gasteiger partial charge in [-0.25, -0.2) is 4.98 Å². The average Bonchev–Trinajstić information content (AvgIpc) is 3.10. The quantitative estimate of drug-likeness (QED) is 0.858. The first-order valence-corrected chi connectivity index (χ1v) is 8.42. The minimum absolute atomic E-state index is 0.226. The SMILES string of the molecule is CC(C)C[C@H](NC(=O)c1ccsc1)C(=O)Nc1nccs1. The number of anilines is 1. The van der Waals surface area contributed by atoms with Gasteiger partial charge in [0.1, 0.15) is 6.04 Å². The van der Waals surface area contributed by atoms with Crippen molar-refractivity contribution in [3.05, 3.63) is 34.0 Å². The molecule has 2 aromatic heterocycles. The van der Waals surface area contributed by atoms with Crippen molar-refractivity contribution in [3.8, 4) is 0 Å². The van der Waals surface area contributed by atoms with Gasteiger partial charge >= 0.3 is 0 Å². The summed E-state index contributed by atoms with van der Waals surface area (Å²) in [4.78, 5) is 28.4. The lowest BCUT2D eigenvalue weighted by molar-refractivity contribution is -0.118. The van der Waals surface area contributed by atoms with Crippen molar-refractivity contribution in [1.82, 2.24) is 10.3 Å². The van der Waals surface area contributed by atoms with E-state index in [2.05, 4.69) is 15.6 Å². The standard InChI is InChI=1S/C14H17N3O2S2/c1-9(2)7-11(13(19)17-14-15-4-6-21-14)16-12(18)10-3-5-20-8-10/h3-6,8-9,11H,7H2,1-2H3,(H,16,18)(H,15,17,19)/t11-/m0/s1. The first-order chi connectivity index (χ1) is 10.1. The number of carbonyl (C=O) groups is 2. The average molecular weight is 323 g/mol. The molecule has 0 unspecified atom stereocenters. The van der Waals surface area contributed by atoms with E-state index in [1.807, 2.05) is 19.2 Å². The number of thiophene rings is 1. The van der Waals surface area contributed by atoms with Gasteiger partial charge in [-0.15, -0.1) is 11.3 Å². The molecule has 2 rings (SSSR count). The minimum atomic E-state index is -0.568. The van der Waals surface area contributed by atoms with Crippen LogP contribution in [0, 0.1) is 5.92 Å². The van der Waals surface area contributed by atoms with E-state index in [-0.39, 0.29) is 11.8 Å². The molecule has 7 heteroatoms. The van der Waals surface area contributed by atoms with Gasteiger partial charge in [-0.05, 0) is 23.8 Å². The summed E-state index contributed by atoms with van der Waals surface area (Å²) >= 11 is 2.80. The summed E-state index contributed by atoms with van der Waals surface area (Å²) in [7, 11) is 0. The zero-order valence-corrected chi connectivity index (χ0v) is 13.5. The fourth-order valence-corrected chi connectivity index (χ4v) is 2.98. The summed E-state index contributed by atoms with van der Waals surface area (Å²) in [6.07, 6.45) is 2.20. The van der Waals surface area contributed by atoms with Crippen molar-refractivity contribution in [2.75, 3.05) is 5.32 Å². The molecule has 0 fully saturated rings. The van der Waals surface area contributed by atoms with E-state index < -0.39 is 6.04 Å². The Kier molecular flexibility index (Phi) is 5.46. The molecule has 2 aromatic rings. The first-order valence-electron chi connectivity index (χ1n) is 6.59. The zero-order chi connectivity index (χ0) is 15.2. The van der Waals surface area contributed by atoms with Crippen molar-refractivity contribution in [3.63, 3.8) is 0 Å². The van der Waals surface area contributed by atoms with E-state index in [9.17, 15) is 9.59 Å². The van der Waals surface area contributed by atoms with Gasteiger partial charge in [0.15, 0.2) is 5.13 Å². The number of hydrogen-bond acceptors (Lipinski definition) is 5. The molecule has 112 valence electrons. The molecule has 0 radical (unpaired) electrons. The van der Waals surface area contributed by atoms with E-state index in [4.69, 9.17) is 0 Å². The smallest absolute Gasteiger partial charge is 0.252 e. The number of carbonyl (C=O) groups excluding carboxylic acids is 2. The molecule has 0 spiro atoms. The summed E-state index contributed by atoms with van der Waals surface area (Å²) in [5.74, 6) is -0.168. The Morgan fingerprint density at radius 1 is 1.33 bits per heavy atom. The highest BCUT2D eigenvalue weighted by Gasteiger charge is 2.23. The van der Waals surface area contributed by atoms with Crippen LogP contribution in [0.15, 0.2) is 28.4 Å². The molecule has 0 saturated heterocycles. The zero-order valence-electron chi connectivity index (χ0n) is 11.8. The number of nitrogens with zero attached hydrogens (tertiary/aromatic N) is 1. The second-order valence-electron chi connectivity index (χ2n) is 4.99. The lowest BCUT2D eigenvalue weighted by Crippen LogP contribution is -2.44. The third-order valence-electron chi connectivity index (χ3n) is 2.77. The fraction of sp³-hybridized carbons (Fsp3) is 0.357. The molecule has 0 aliphatic carbocycles. The minimum Gasteiger partial charge on any atom is -0.340 e. The maximum atomic E-state index is 12.3. The lowest BCUT2D eigenvalue weighted by Gasteiger charge is -2.19. The van der Waals surface area contributed by atoms with E-state index in [0.717, 1.165) is 0 Å². The van der Waals surface area contributed by atoms with E-state index in [1.165, 1.54) is 22.7 Å². The van der Waals surface area contributed by atoms with Crippen LogP contribution in [-0.4, -0.2) is 22.8 Å². The molecule has 2 N–H and O–H groups in total. The van der Waals surface area contributed by atoms with Gasteiger partial charge in [-0.2, -0.15) is 11.3 Å². The maximum absolute atomic E-state index is 12.3. The molecular formula is C14H17N3O2S2. The second-order valence-corrected chi connectivity index (χ2v) is 6.67. The predicted molar refractivity (Wildman–Crippen MR) is 85.8 cm³/mol. The fourth-order valence-electron chi connectivity index (χ4n) is 1.82. The van der Waals surface area contributed by atoms with Crippen LogP contribution < -0.4 is 10.6 Å². The summed E-state index contributed by atoms with van der Waals surface area (Å²) in [5.41, 5.74) is 0.579. The van der Waals surface area contributed by atoms with E-state index in [1.54, 1.807) is 23.0 Å². The van der Waals surface area contributed by atoms with Crippen molar-refractivity contribution < 1.29 is 9.59 Å². The Labute approximate surface area is 131 Å². The maximum Gasteiger partial charge on any atom is 0.252 e. The van der Waals surface area contributed by atoms with Gasteiger partial charge in [0.25, 0.3) is 5.91 Å². The number of thiazole rings is 1. The highest BCUT2D eigenvalue weighted by atomic mass is 32.1. The number of amides is 2. The highest BCUT2D eigenvalue weighted by Crippen LogP contribution is 2.14. The Morgan fingerprint density at radius 2 is 2.14 bits per heavy atom. The lowest BCUT2D eigenvalue weighted by atomic mass is 10.0. The van der Waals surface area contributed by atoms with E-state index in [0.29, 0.717) is 23.0 Å². The van der Waals surface area contributed by atoms with Gasteiger partial charge < -0.3 is 10.6 Å². The summed E-state index contributed by atoms with van der Waals surface area (Å²) in [5, 5.41) is 11.5. The van der Waals surface area contributed by atoms with Crippen molar-refractivity contribution in [2.45, 2.75) is 26.3 Å². The van der Waals surface area contributed by atoms with Crippen LogP contribution in [0.25, 0.3) is 0 Å². The molecule has 0 saturated carbocycles. The van der Waals surface area contributed by atoms with Crippen molar-refractivity contribution >= 4 is 39.6 Å². The van der Waals surface area contributed by atoms with Crippen LogP contribution in [0.5, 0.6) is 0 Å². The Hall–Kier alpha value is -1.73. The van der Waals surface area contributed by atoms with Crippen LogP contribution in [0.2, 0.25) is 0 Å². The summed E-state index contributed by atoms with van der Waals surface area (Å²) in [6.45, 7) is 4.03. The summed E-state index contributed by atoms with van der Waals surface area (Å²) < 4.78 is 0. The number of nitrogens with one attached hydrogen (secondary N) is 2. The third-order valence-corrected chi connectivity index (χ3v) is 4.15. The molecule has 0 aromatic carbocycles. The normalized spacial score (nSPS) is 12.1. The number of hydrogen-bond donors (Lipinski definition) is 2. The molecular weight excluding hydrogens is 306 g/mol. The molecule has 1 atom stereocenters. The van der Waals surface area contributed by atoms with Gasteiger partial charge in [0.05, 0.1) is 5.56 Å². The van der Waals surface area contributed by atoms with Gasteiger partial charge in [-0.3, -0.25) is 9.59 Å². The molecule has 5 nitrogen and oxygen atoms in total. The number of rotatable bonds is 6. The monoisotopic (exact) mass is 323 g/mol.